The standard InChI is InChI=1S/C28H30F2N8O2/c29-20-3-1-2-19(24(20)30)17-6-7-21(26-32-13-22(16-4-5-16)37(26)14-17)34-27(39)36-10-8-18(9-11-36)38-23-12-31-15-33-25(23)35-28(38)40/h1-3,12-13,15-18,21H,4-11,14H2,(H,34,39)(H,31,33,35,40)/t17-,21-/m1/s1. The first-order valence-electron chi connectivity index (χ1n) is 13.9. The van der Waals surface area contributed by atoms with Gasteiger partial charge >= 0.3 is 11.7 Å². The molecule has 5 heterocycles. The zero-order chi connectivity index (χ0) is 27.4. The topological polar surface area (TPSA) is 114 Å². The molecule has 2 fully saturated rings. The summed E-state index contributed by atoms with van der Waals surface area (Å²) in [6.45, 7) is 1.49. The molecule has 3 aromatic heterocycles. The van der Waals surface area contributed by atoms with E-state index in [1.54, 1.807) is 27.8 Å². The third-order valence-corrected chi connectivity index (χ3v) is 8.66. The number of carbonyl (C=O) groups is 1. The van der Waals surface area contributed by atoms with Crippen molar-refractivity contribution in [1.82, 2.24) is 39.3 Å². The number of halogens is 2. The zero-order valence-corrected chi connectivity index (χ0v) is 21.9. The molecule has 10 nitrogen and oxygen atoms in total. The van der Waals surface area contributed by atoms with Crippen LogP contribution in [0.4, 0.5) is 13.6 Å². The molecule has 1 saturated carbocycles. The van der Waals surface area contributed by atoms with E-state index in [-0.39, 0.29) is 29.7 Å². The van der Waals surface area contributed by atoms with Crippen LogP contribution in [0.2, 0.25) is 0 Å². The summed E-state index contributed by atoms with van der Waals surface area (Å²) in [5, 5.41) is 3.19. The summed E-state index contributed by atoms with van der Waals surface area (Å²) >= 11 is 0. The van der Waals surface area contributed by atoms with Crippen molar-refractivity contribution in [2.24, 2.45) is 0 Å². The van der Waals surface area contributed by atoms with Crippen LogP contribution >= 0.6 is 0 Å². The van der Waals surface area contributed by atoms with Crippen molar-refractivity contribution >= 4 is 17.2 Å². The molecule has 2 atom stereocenters. The van der Waals surface area contributed by atoms with E-state index in [0.717, 1.165) is 30.4 Å². The molecule has 2 N–H and O–H groups in total. The van der Waals surface area contributed by atoms with Crippen molar-refractivity contribution in [3.63, 3.8) is 0 Å². The summed E-state index contributed by atoms with van der Waals surface area (Å²) in [5.74, 6) is -0.669. The summed E-state index contributed by atoms with van der Waals surface area (Å²) in [7, 11) is 0. The van der Waals surface area contributed by atoms with Crippen molar-refractivity contribution < 1.29 is 13.6 Å². The average molecular weight is 549 g/mol. The number of aromatic amines is 1. The maximum absolute atomic E-state index is 14.8. The number of urea groups is 1. The second-order valence-corrected chi connectivity index (χ2v) is 11.1. The van der Waals surface area contributed by atoms with Crippen LogP contribution in [0.25, 0.3) is 11.2 Å². The maximum Gasteiger partial charge on any atom is 0.327 e. The minimum atomic E-state index is -0.842. The molecule has 4 aromatic rings. The third-order valence-electron chi connectivity index (χ3n) is 8.66. The second kappa shape index (κ2) is 9.83. The number of nitrogens with one attached hydrogen (secondary N) is 2. The number of imidazole rings is 2. The fourth-order valence-corrected chi connectivity index (χ4v) is 6.42. The number of rotatable bonds is 4. The molecule has 0 radical (unpaired) electrons. The molecule has 208 valence electrons. The molecule has 2 aliphatic heterocycles. The quantitative estimate of drug-likeness (QED) is 0.398. The number of hydrogen-bond donors (Lipinski definition) is 2. The highest BCUT2D eigenvalue weighted by atomic mass is 19.2. The largest absolute Gasteiger partial charge is 0.329 e. The molecule has 0 spiro atoms. The van der Waals surface area contributed by atoms with Crippen molar-refractivity contribution in [2.45, 2.75) is 69.0 Å². The van der Waals surface area contributed by atoms with Gasteiger partial charge in [-0.1, -0.05) is 12.1 Å². The van der Waals surface area contributed by atoms with Gasteiger partial charge in [0.05, 0.1) is 12.2 Å². The van der Waals surface area contributed by atoms with Crippen LogP contribution in [0.5, 0.6) is 0 Å². The lowest BCUT2D eigenvalue weighted by molar-refractivity contribution is 0.167. The van der Waals surface area contributed by atoms with Gasteiger partial charge in [0.1, 0.15) is 17.7 Å². The first kappa shape index (κ1) is 24.9. The summed E-state index contributed by atoms with van der Waals surface area (Å²) in [6, 6.07) is 3.77. The minimum absolute atomic E-state index is 0.0592. The predicted octanol–water partition coefficient (Wildman–Crippen LogP) is 4.14. The normalized spacial score (nSPS) is 21.8. The van der Waals surface area contributed by atoms with Crippen LogP contribution in [0.15, 0.2) is 41.7 Å². The molecular weight excluding hydrogens is 518 g/mol. The Kier molecular flexibility index (Phi) is 6.12. The van der Waals surface area contributed by atoms with Gasteiger partial charge in [0.25, 0.3) is 0 Å². The Morgan fingerprint density at radius 3 is 2.60 bits per heavy atom. The molecule has 12 heteroatoms. The van der Waals surface area contributed by atoms with E-state index in [9.17, 15) is 18.4 Å². The number of hydrogen-bond acceptors (Lipinski definition) is 5. The number of carbonyl (C=O) groups excluding carboxylic acids is 1. The Hall–Kier alpha value is -4.09. The number of benzene rings is 1. The van der Waals surface area contributed by atoms with E-state index in [1.807, 2.05) is 6.20 Å². The first-order valence-corrected chi connectivity index (χ1v) is 13.9. The van der Waals surface area contributed by atoms with Gasteiger partial charge in [-0.15, -0.1) is 0 Å². The Morgan fingerprint density at radius 2 is 1.80 bits per heavy atom. The third kappa shape index (κ3) is 4.35. The number of nitrogens with zero attached hydrogens (tertiary/aromatic N) is 6. The molecule has 2 amide bonds. The van der Waals surface area contributed by atoms with Crippen molar-refractivity contribution in [3.05, 3.63) is 76.1 Å². The Balaban J connectivity index is 1.08. The number of amides is 2. The van der Waals surface area contributed by atoms with Gasteiger partial charge in [-0.3, -0.25) is 9.55 Å². The van der Waals surface area contributed by atoms with Crippen LogP contribution in [0.1, 0.15) is 79.5 Å². The monoisotopic (exact) mass is 548 g/mol. The Morgan fingerprint density at radius 1 is 1.00 bits per heavy atom. The number of piperidine rings is 1. The van der Waals surface area contributed by atoms with Gasteiger partial charge in [0, 0.05) is 49.4 Å². The fourth-order valence-electron chi connectivity index (χ4n) is 6.42. The van der Waals surface area contributed by atoms with Gasteiger partial charge in [-0.05, 0) is 50.2 Å². The van der Waals surface area contributed by atoms with Crippen molar-refractivity contribution in [1.29, 1.82) is 0 Å². The number of fused-ring (bicyclic) bond motifs is 2. The zero-order valence-electron chi connectivity index (χ0n) is 21.9. The number of aromatic nitrogens is 6. The summed E-state index contributed by atoms with van der Waals surface area (Å²) < 4.78 is 32.7. The van der Waals surface area contributed by atoms with E-state index >= 15 is 0 Å². The lowest BCUT2D eigenvalue weighted by atomic mass is 9.92. The molecule has 1 aliphatic carbocycles. The van der Waals surface area contributed by atoms with Gasteiger partial charge in [0.2, 0.25) is 0 Å². The molecule has 0 bridgehead atoms. The number of H-pyrrole nitrogens is 1. The van der Waals surface area contributed by atoms with E-state index in [0.29, 0.717) is 68.0 Å². The van der Waals surface area contributed by atoms with Gasteiger partial charge < -0.3 is 14.8 Å². The van der Waals surface area contributed by atoms with E-state index in [4.69, 9.17) is 4.98 Å². The lowest BCUT2D eigenvalue weighted by Crippen LogP contribution is -2.46. The number of likely N-dealkylation sites (tertiary alicyclic amines) is 1. The van der Waals surface area contributed by atoms with Crippen LogP contribution in [-0.2, 0) is 6.54 Å². The highest BCUT2D eigenvalue weighted by molar-refractivity contribution is 5.75. The van der Waals surface area contributed by atoms with E-state index < -0.39 is 11.6 Å². The van der Waals surface area contributed by atoms with Crippen LogP contribution in [-0.4, -0.2) is 53.1 Å². The molecule has 0 unspecified atom stereocenters. The van der Waals surface area contributed by atoms with Gasteiger partial charge in [-0.25, -0.2) is 33.3 Å². The fraction of sp³-hybridized carbons (Fsp3) is 0.464. The maximum atomic E-state index is 14.8. The molecule has 3 aliphatic rings. The van der Waals surface area contributed by atoms with Gasteiger partial charge in [-0.2, -0.15) is 0 Å². The molecular formula is C28H30F2N8O2. The SMILES string of the molecule is O=C(N[C@@H]1CC[C@@H](c2cccc(F)c2F)Cn2c(C3CC3)cnc21)N1CCC(n2c(=O)[nH]c3ncncc32)CC1. The molecule has 40 heavy (non-hydrogen) atoms. The predicted molar refractivity (Wildman–Crippen MR) is 142 cm³/mol. The summed E-state index contributed by atoms with van der Waals surface area (Å²) in [4.78, 5) is 43.5. The first-order chi connectivity index (χ1) is 19.5. The molecule has 1 aromatic carbocycles. The van der Waals surface area contributed by atoms with Crippen molar-refractivity contribution in [3.8, 4) is 0 Å². The lowest BCUT2D eigenvalue weighted by Gasteiger charge is -2.33. The smallest absolute Gasteiger partial charge is 0.327 e. The average Bonchev–Trinajstić information content (AvgIpc) is 3.67. The van der Waals surface area contributed by atoms with Crippen LogP contribution < -0.4 is 11.0 Å². The second-order valence-electron chi connectivity index (χ2n) is 11.1. The summed E-state index contributed by atoms with van der Waals surface area (Å²) in [5.41, 5.74) is 2.42. The molecule has 1 saturated heterocycles. The Bertz CT molecular complexity index is 1630. The van der Waals surface area contributed by atoms with E-state index in [1.165, 1.54) is 6.33 Å². The highest BCUT2D eigenvalue weighted by Gasteiger charge is 2.36. The molecule has 7 rings (SSSR count). The van der Waals surface area contributed by atoms with Crippen LogP contribution in [0.3, 0.4) is 0 Å². The van der Waals surface area contributed by atoms with Gasteiger partial charge in [0.15, 0.2) is 17.3 Å². The Labute approximate surface area is 228 Å². The van der Waals surface area contributed by atoms with Crippen molar-refractivity contribution in [2.75, 3.05) is 13.1 Å². The summed E-state index contributed by atoms with van der Waals surface area (Å²) in [6.07, 6.45) is 9.49. The van der Waals surface area contributed by atoms with Crippen LogP contribution in [0, 0.1) is 11.6 Å². The minimum Gasteiger partial charge on any atom is -0.329 e. The van der Waals surface area contributed by atoms with E-state index in [2.05, 4.69) is 24.8 Å². The highest BCUT2D eigenvalue weighted by Crippen LogP contribution is 2.43.